The van der Waals surface area contributed by atoms with Crippen molar-refractivity contribution in [2.45, 2.75) is 18.7 Å². The standard InChI is InChI=1S/C16H21FN4O2S/c1-12-16(13(2)19(3)18-12)24(22,23)21-10-8-20(9-11-21)15-6-4-14(17)5-7-15/h4-7H,8-11H2,1-3H3. The molecule has 1 aromatic carbocycles. The van der Waals surface area contributed by atoms with Gasteiger partial charge in [0.05, 0.1) is 11.4 Å². The van der Waals surface area contributed by atoms with Gasteiger partial charge < -0.3 is 4.90 Å². The topological polar surface area (TPSA) is 58.4 Å². The highest BCUT2D eigenvalue weighted by molar-refractivity contribution is 7.89. The molecule has 2 heterocycles. The summed E-state index contributed by atoms with van der Waals surface area (Å²) < 4.78 is 42.0. The number of halogens is 1. The van der Waals surface area contributed by atoms with Crippen molar-refractivity contribution < 1.29 is 12.8 Å². The molecular formula is C16H21FN4O2S. The second-order valence-electron chi connectivity index (χ2n) is 5.99. The lowest BCUT2D eigenvalue weighted by Gasteiger charge is -2.35. The molecule has 2 aromatic rings. The molecule has 24 heavy (non-hydrogen) atoms. The molecule has 0 atom stereocenters. The number of nitrogens with zero attached hydrogens (tertiary/aromatic N) is 4. The minimum Gasteiger partial charge on any atom is -0.369 e. The van der Waals surface area contributed by atoms with Gasteiger partial charge in [0.1, 0.15) is 10.7 Å². The fourth-order valence-electron chi connectivity index (χ4n) is 3.10. The van der Waals surface area contributed by atoms with Crippen LogP contribution in [-0.4, -0.2) is 48.7 Å². The molecule has 0 amide bonds. The molecule has 130 valence electrons. The van der Waals surface area contributed by atoms with Crippen LogP contribution in [0.3, 0.4) is 0 Å². The molecule has 1 saturated heterocycles. The molecule has 8 heteroatoms. The quantitative estimate of drug-likeness (QED) is 0.843. The Morgan fingerprint density at radius 2 is 1.62 bits per heavy atom. The fraction of sp³-hybridized carbons (Fsp3) is 0.438. The van der Waals surface area contributed by atoms with E-state index in [-0.39, 0.29) is 5.82 Å². The molecule has 1 aliphatic heterocycles. The Kier molecular flexibility index (Phi) is 4.35. The average Bonchev–Trinajstić information content (AvgIpc) is 2.81. The van der Waals surface area contributed by atoms with Crippen molar-refractivity contribution in [2.75, 3.05) is 31.1 Å². The van der Waals surface area contributed by atoms with Crippen LogP contribution in [0.5, 0.6) is 0 Å². The number of piperazine rings is 1. The largest absolute Gasteiger partial charge is 0.369 e. The van der Waals surface area contributed by atoms with E-state index >= 15 is 0 Å². The maximum absolute atomic E-state index is 13.0. The van der Waals surface area contributed by atoms with Gasteiger partial charge in [0, 0.05) is 38.9 Å². The van der Waals surface area contributed by atoms with Crippen LogP contribution in [0, 0.1) is 19.7 Å². The van der Waals surface area contributed by atoms with Crippen molar-refractivity contribution >= 4 is 15.7 Å². The second-order valence-corrected chi connectivity index (χ2v) is 7.87. The van der Waals surface area contributed by atoms with Crippen molar-refractivity contribution in [1.29, 1.82) is 0 Å². The number of anilines is 1. The Balaban J connectivity index is 1.77. The summed E-state index contributed by atoms with van der Waals surface area (Å²) in [6.45, 7) is 5.42. The van der Waals surface area contributed by atoms with Crippen LogP contribution in [0.15, 0.2) is 29.2 Å². The van der Waals surface area contributed by atoms with E-state index in [1.165, 1.54) is 16.4 Å². The van der Waals surface area contributed by atoms with Crippen LogP contribution in [0.2, 0.25) is 0 Å². The molecule has 0 N–H and O–H groups in total. The number of aryl methyl sites for hydroxylation is 2. The molecule has 1 aromatic heterocycles. The average molecular weight is 352 g/mol. The van der Waals surface area contributed by atoms with Crippen LogP contribution in [0.1, 0.15) is 11.4 Å². The zero-order valence-corrected chi connectivity index (χ0v) is 14.8. The number of hydrogen-bond acceptors (Lipinski definition) is 4. The summed E-state index contributed by atoms with van der Waals surface area (Å²) in [5.74, 6) is -0.275. The maximum Gasteiger partial charge on any atom is 0.246 e. The zero-order chi connectivity index (χ0) is 17.5. The third-order valence-electron chi connectivity index (χ3n) is 4.47. The van der Waals surface area contributed by atoms with Gasteiger partial charge in [-0.1, -0.05) is 0 Å². The van der Waals surface area contributed by atoms with E-state index in [2.05, 4.69) is 10.00 Å². The Morgan fingerprint density at radius 3 is 2.12 bits per heavy atom. The molecule has 0 radical (unpaired) electrons. The molecule has 1 aliphatic rings. The number of aromatic nitrogens is 2. The van der Waals surface area contributed by atoms with Gasteiger partial charge in [-0.25, -0.2) is 12.8 Å². The normalized spacial score (nSPS) is 16.6. The van der Waals surface area contributed by atoms with Gasteiger partial charge in [0.25, 0.3) is 0 Å². The lowest BCUT2D eigenvalue weighted by Crippen LogP contribution is -2.48. The summed E-state index contributed by atoms with van der Waals surface area (Å²) in [7, 11) is -1.81. The van der Waals surface area contributed by atoms with Gasteiger partial charge in [-0.05, 0) is 38.1 Å². The van der Waals surface area contributed by atoms with Crippen LogP contribution in [0.4, 0.5) is 10.1 Å². The molecule has 6 nitrogen and oxygen atoms in total. The van der Waals surface area contributed by atoms with Gasteiger partial charge in [-0.3, -0.25) is 4.68 Å². The predicted molar refractivity (Wildman–Crippen MR) is 90.1 cm³/mol. The summed E-state index contributed by atoms with van der Waals surface area (Å²) >= 11 is 0. The number of rotatable bonds is 3. The summed E-state index contributed by atoms with van der Waals surface area (Å²) in [6.07, 6.45) is 0. The third kappa shape index (κ3) is 2.91. The van der Waals surface area contributed by atoms with E-state index in [0.717, 1.165) is 5.69 Å². The fourth-order valence-corrected chi connectivity index (χ4v) is 4.92. The van der Waals surface area contributed by atoms with Crippen LogP contribution < -0.4 is 4.90 Å². The summed E-state index contributed by atoms with van der Waals surface area (Å²) in [5.41, 5.74) is 2.08. The molecule has 0 unspecified atom stereocenters. The SMILES string of the molecule is Cc1nn(C)c(C)c1S(=O)(=O)N1CCN(c2ccc(F)cc2)CC1. The van der Waals surface area contributed by atoms with Gasteiger partial charge in [0.2, 0.25) is 10.0 Å². The van der Waals surface area contributed by atoms with Crippen LogP contribution >= 0.6 is 0 Å². The molecule has 0 bridgehead atoms. The highest BCUT2D eigenvalue weighted by atomic mass is 32.2. The monoisotopic (exact) mass is 352 g/mol. The van der Waals surface area contributed by atoms with Crippen molar-refractivity contribution in [3.05, 3.63) is 41.5 Å². The molecule has 0 aliphatic carbocycles. The van der Waals surface area contributed by atoms with Gasteiger partial charge in [0.15, 0.2) is 0 Å². The summed E-state index contributed by atoms with van der Waals surface area (Å²) in [6, 6.07) is 6.27. The van der Waals surface area contributed by atoms with Crippen LogP contribution in [0.25, 0.3) is 0 Å². The second kappa shape index (κ2) is 6.18. The predicted octanol–water partition coefficient (Wildman–Crippen LogP) is 1.69. The minimum atomic E-state index is -3.55. The number of benzene rings is 1. The minimum absolute atomic E-state index is 0.275. The van der Waals surface area contributed by atoms with Gasteiger partial charge in [-0.2, -0.15) is 9.40 Å². The first kappa shape index (κ1) is 16.9. The number of sulfonamides is 1. The van der Waals surface area contributed by atoms with Crippen molar-refractivity contribution in [2.24, 2.45) is 7.05 Å². The molecule has 0 saturated carbocycles. The van der Waals surface area contributed by atoms with Crippen molar-refractivity contribution in [1.82, 2.24) is 14.1 Å². The Bertz CT molecular complexity index is 838. The van der Waals surface area contributed by atoms with E-state index in [4.69, 9.17) is 0 Å². The highest BCUT2D eigenvalue weighted by Crippen LogP contribution is 2.25. The first-order valence-corrected chi connectivity index (χ1v) is 9.25. The van der Waals surface area contributed by atoms with E-state index < -0.39 is 10.0 Å². The lowest BCUT2D eigenvalue weighted by atomic mass is 10.2. The van der Waals surface area contributed by atoms with Crippen molar-refractivity contribution in [3.8, 4) is 0 Å². The molecular weight excluding hydrogens is 331 g/mol. The Hall–Kier alpha value is -1.93. The van der Waals surface area contributed by atoms with Crippen molar-refractivity contribution in [3.63, 3.8) is 0 Å². The van der Waals surface area contributed by atoms with Gasteiger partial charge >= 0.3 is 0 Å². The Morgan fingerprint density at radius 1 is 1.04 bits per heavy atom. The van der Waals surface area contributed by atoms with E-state index in [0.29, 0.717) is 42.5 Å². The third-order valence-corrected chi connectivity index (χ3v) is 6.62. The van der Waals surface area contributed by atoms with E-state index in [1.54, 1.807) is 37.7 Å². The molecule has 0 spiro atoms. The van der Waals surface area contributed by atoms with E-state index in [9.17, 15) is 12.8 Å². The summed E-state index contributed by atoms with van der Waals surface area (Å²) in [5, 5.41) is 4.21. The van der Waals surface area contributed by atoms with Crippen LogP contribution in [-0.2, 0) is 17.1 Å². The maximum atomic E-state index is 13.0. The molecule has 1 fully saturated rings. The number of hydrogen-bond donors (Lipinski definition) is 0. The zero-order valence-electron chi connectivity index (χ0n) is 14.0. The molecule has 3 rings (SSSR count). The van der Waals surface area contributed by atoms with Gasteiger partial charge in [-0.15, -0.1) is 0 Å². The smallest absolute Gasteiger partial charge is 0.246 e. The Labute approximate surface area is 141 Å². The first-order valence-electron chi connectivity index (χ1n) is 7.81. The first-order chi connectivity index (χ1) is 11.3. The van der Waals surface area contributed by atoms with E-state index in [1.807, 2.05) is 0 Å². The summed E-state index contributed by atoms with van der Waals surface area (Å²) in [4.78, 5) is 2.37. The highest BCUT2D eigenvalue weighted by Gasteiger charge is 2.32. The lowest BCUT2D eigenvalue weighted by molar-refractivity contribution is 0.384.